The molecule has 1 aliphatic carbocycles. The second-order valence-corrected chi connectivity index (χ2v) is 7.63. The number of anilines is 1. The Morgan fingerprint density at radius 1 is 1.25 bits per heavy atom. The molecule has 0 radical (unpaired) electrons. The quantitative estimate of drug-likeness (QED) is 0.263. The number of nitro groups is 1. The van der Waals surface area contributed by atoms with E-state index in [1.807, 2.05) is 0 Å². The smallest absolute Gasteiger partial charge is 0.325 e. The Morgan fingerprint density at radius 2 is 1.97 bits per heavy atom. The number of ether oxygens (including phenoxy) is 2. The van der Waals surface area contributed by atoms with Crippen molar-refractivity contribution in [2.24, 2.45) is 0 Å². The molecule has 2 aliphatic rings. The monoisotopic (exact) mass is 448 g/mol. The van der Waals surface area contributed by atoms with Gasteiger partial charge in [0.15, 0.2) is 6.61 Å². The number of nitrogens with zero attached hydrogens (tertiary/aromatic N) is 2. The Morgan fingerprint density at radius 3 is 2.62 bits per heavy atom. The van der Waals surface area contributed by atoms with Gasteiger partial charge in [-0.15, -0.1) is 0 Å². The number of hydrogen-bond donors (Lipinski definition) is 2. The Bertz CT molecular complexity index is 942. The van der Waals surface area contributed by atoms with Crippen LogP contribution in [0.5, 0.6) is 5.75 Å². The first-order valence-electron chi connectivity index (χ1n) is 10.2. The van der Waals surface area contributed by atoms with Crippen LogP contribution in [0.25, 0.3) is 0 Å². The van der Waals surface area contributed by atoms with Crippen molar-refractivity contribution in [3.05, 3.63) is 28.3 Å². The number of hydrogen-bond acceptors (Lipinski definition) is 8. The van der Waals surface area contributed by atoms with Crippen molar-refractivity contribution in [1.29, 1.82) is 0 Å². The number of carbonyl (C=O) groups is 4. The maximum absolute atomic E-state index is 12.7. The second-order valence-electron chi connectivity index (χ2n) is 7.63. The summed E-state index contributed by atoms with van der Waals surface area (Å²) in [4.78, 5) is 60.2. The first kappa shape index (κ1) is 23.0. The minimum Gasteiger partial charge on any atom is -0.494 e. The van der Waals surface area contributed by atoms with Crippen LogP contribution in [0.4, 0.5) is 16.2 Å². The Labute approximate surface area is 183 Å². The summed E-state index contributed by atoms with van der Waals surface area (Å²) in [5, 5.41) is 16.0. The van der Waals surface area contributed by atoms with Crippen molar-refractivity contribution in [3.63, 3.8) is 0 Å². The molecule has 0 unspecified atom stereocenters. The van der Waals surface area contributed by atoms with Crippen molar-refractivity contribution in [1.82, 2.24) is 10.2 Å². The molecule has 32 heavy (non-hydrogen) atoms. The van der Waals surface area contributed by atoms with Crippen LogP contribution in [0.2, 0.25) is 0 Å². The highest BCUT2D eigenvalue weighted by Gasteiger charge is 2.51. The average Bonchev–Trinajstić information content (AvgIpc) is 3.00. The molecule has 12 nitrogen and oxygen atoms in total. The fourth-order valence-electron chi connectivity index (χ4n) is 3.88. The molecule has 1 saturated heterocycles. The predicted octanol–water partition coefficient (Wildman–Crippen LogP) is 1.73. The van der Waals surface area contributed by atoms with Crippen molar-refractivity contribution >= 4 is 35.2 Å². The summed E-state index contributed by atoms with van der Waals surface area (Å²) in [5.74, 6) is -1.67. The van der Waals surface area contributed by atoms with E-state index in [4.69, 9.17) is 9.47 Å². The molecule has 0 bridgehead atoms. The van der Waals surface area contributed by atoms with E-state index in [9.17, 15) is 29.3 Å². The van der Waals surface area contributed by atoms with Gasteiger partial charge < -0.3 is 20.1 Å². The summed E-state index contributed by atoms with van der Waals surface area (Å²) in [7, 11) is 1.29. The van der Waals surface area contributed by atoms with E-state index in [2.05, 4.69) is 10.6 Å². The molecule has 0 atom stereocenters. The van der Waals surface area contributed by atoms with Crippen molar-refractivity contribution in [3.8, 4) is 5.75 Å². The van der Waals surface area contributed by atoms with Gasteiger partial charge in [0.25, 0.3) is 17.5 Å². The first-order chi connectivity index (χ1) is 15.3. The summed E-state index contributed by atoms with van der Waals surface area (Å²) < 4.78 is 9.93. The van der Waals surface area contributed by atoms with Gasteiger partial charge in [-0.05, 0) is 18.9 Å². The van der Waals surface area contributed by atoms with Crippen LogP contribution in [0.3, 0.4) is 0 Å². The fraction of sp³-hybridized carbons (Fsp3) is 0.500. The number of non-ortho nitro benzene ring substituents is 1. The first-order valence-corrected chi connectivity index (χ1v) is 10.2. The molecule has 2 N–H and O–H groups in total. The van der Waals surface area contributed by atoms with E-state index >= 15 is 0 Å². The highest BCUT2D eigenvalue weighted by Crippen LogP contribution is 2.33. The SMILES string of the molecule is COc1cc([N+](=O)[O-])ccc1NC(=O)COC(=O)CCN1C(=O)NC2(CCCCC2)C1=O. The van der Waals surface area contributed by atoms with E-state index in [1.165, 1.54) is 19.2 Å². The molecule has 172 valence electrons. The number of nitrogens with one attached hydrogen (secondary N) is 2. The number of methoxy groups -OCH3 is 1. The van der Waals surface area contributed by atoms with Gasteiger partial charge in [-0.25, -0.2) is 4.79 Å². The molecule has 1 spiro atoms. The van der Waals surface area contributed by atoms with E-state index < -0.39 is 35.0 Å². The topological polar surface area (TPSA) is 157 Å². The van der Waals surface area contributed by atoms with Gasteiger partial charge in [0.05, 0.1) is 30.2 Å². The van der Waals surface area contributed by atoms with Gasteiger partial charge in [0, 0.05) is 12.6 Å². The lowest BCUT2D eigenvalue weighted by atomic mass is 9.82. The lowest BCUT2D eigenvalue weighted by molar-refractivity contribution is -0.384. The number of benzene rings is 1. The number of urea groups is 1. The third-order valence-electron chi connectivity index (χ3n) is 5.53. The Hall–Kier alpha value is -3.70. The van der Waals surface area contributed by atoms with Crippen molar-refractivity contribution in [2.45, 2.75) is 44.1 Å². The van der Waals surface area contributed by atoms with E-state index in [-0.39, 0.29) is 36.0 Å². The van der Waals surface area contributed by atoms with Crippen molar-refractivity contribution in [2.75, 3.05) is 25.6 Å². The molecule has 2 fully saturated rings. The zero-order valence-corrected chi connectivity index (χ0v) is 17.5. The Balaban J connectivity index is 1.47. The number of amides is 4. The molecule has 1 aromatic rings. The number of imide groups is 1. The lowest BCUT2D eigenvalue weighted by Gasteiger charge is -2.30. The zero-order valence-electron chi connectivity index (χ0n) is 17.5. The van der Waals surface area contributed by atoms with Crippen LogP contribution in [0.15, 0.2) is 18.2 Å². The molecule has 3 rings (SSSR count). The molecule has 1 aliphatic heterocycles. The Kier molecular flexibility index (Phi) is 6.91. The average molecular weight is 448 g/mol. The lowest BCUT2D eigenvalue weighted by Crippen LogP contribution is -2.48. The van der Waals surface area contributed by atoms with Crippen LogP contribution >= 0.6 is 0 Å². The molecule has 1 aromatic carbocycles. The predicted molar refractivity (Wildman–Crippen MR) is 110 cm³/mol. The molecule has 1 saturated carbocycles. The summed E-state index contributed by atoms with van der Waals surface area (Å²) >= 11 is 0. The number of esters is 1. The van der Waals surface area contributed by atoms with E-state index in [0.717, 1.165) is 30.2 Å². The van der Waals surface area contributed by atoms with Gasteiger partial charge in [0.2, 0.25) is 0 Å². The maximum atomic E-state index is 12.7. The van der Waals surface area contributed by atoms with Crippen LogP contribution in [-0.2, 0) is 19.1 Å². The van der Waals surface area contributed by atoms with Crippen LogP contribution in [0, 0.1) is 10.1 Å². The second kappa shape index (κ2) is 9.62. The van der Waals surface area contributed by atoms with Gasteiger partial charge in [-0.3, -0.25) is 29.4 Å². The molecule has 0 aromatic heterocycles. The van der Waals surface area contributed by atoms with Crippen LogP contribution in [0.1, 0.15) is 38.5 Å². The van der Waals surface area contributed by atoms with E-state index in [0.29, 0.717) is 12.8 Å². The normalized spacial score (nSPS) is 17.1. The highest BCUT2D eigenvalue weighted by atomic mass is 16.6. The number of carbonyl (C=O) groups excluding carboxylic acids is 4. The third kappa shape index (κ3) is 4.95. The van der Waals surface area contributed by atoms with Crippen LogP contribution < -0.4 is 15.4 Å². The van der Waals surface area contributed by atoms with Gasteiger partial charge in [-0.1, -0.05) is 19.3 Å². The summed E-state index contributed by atoms with van der Waals surface area (Å²) in [6, 6.07) is 3.13. The molecular formula is C20H24N4O8. The number of rotatable bonds is 8. The minimum absolute atomic E-state index is 0.0778. The number of nitro benzene ring substituents is 1. The standard InChI is InChI=1S/C20H24N4O8/c1-31-15-11-13(24(29)30)5-6-14(15)21-16(25)12-32-17(26)7-10-23-18(27)20(22-19(23)28)8-3-2-4-9-20/h5-6,11H,2-4,7-10,12H2,1H3,(H,21,25)(H,22,28). The largest absolute Gasteiger partial charge is 0.494 e. The summed E-state index contributed by atoms with van der Waals surface area (Å²) in [5.41, 5.74) is -0.888. The molecular weight excluding hydrogens is 424 g/mol. The highest BCUT2D eigenvalue weighted by molar-refractivity contribution is 6.07. The minimum atomic E-state index is -0.858. The van der Waals surface area contributed by atoms with E-state index in [1.54, 1.807) is 0 Å². The van der Waals surface area contributed by atoms with Crippen molar-refractivity contribution < 1.29 is 33.6 Å². The third-order valence-corrected chi connectivity index (χ3v) is 5.53. The summed E-state index contributed by atoms with van der Waals surface area (Å²) in [6.45, 7) is -0.744. The maximum Gasteiger partial charge on any atom is 0.325 e. The van der Waals surface area contributed by atoms with Crippen LogP contribution in [-0.4, -0.2) is 59.4 Å². The zero-order chi connectivity index (χ0) is 23.3. The molecule has 1 heterocycles. The molecule has 12 heteroatoms. The van der Waals surface area contributed by atoms with Gasteiger partial charge >= 0.3 is 12.0 Å². The molecule has 4 amide bonds. The van der Waals surface area contributed by atoms with Gasteiger partial charge in [0.1, 0.15) is 11.3 Å². The summed E-state index contributed by atoms with van der Waals surface area (Å²) in [6.07, 6.45) is 3.66. The van der Waals surface area contributed by atoms with Gasteiger partial charge in [-0.2, -0.15) is 0 Å². The fourth-order valence-corrected chi connectivity index (χ4v) is 3.88.